The van der Waals surface area contributed by atoms with Crippen molar-refractivity contribution in [1.82, 2.24) is 5.32 Å². The molecule has 100 valence electrons. The predicted octanol–water partition coefficient (Wildman–Crippen LogP) is 4.29. The molecule has 0 saturated carbocycles. The normalized spacial score (nSPS) is 20.4. The number of hydrogen-bond donors (Lipinski definition) is 2. The van der Waals surface area contributed by atoms with Crippen molar-refractivity contribution in [3.63, 3.8) is 0 Å². The van der Waals surface area contributed by atoms with Gasteiger partial charge >= 0.3 is 0 Å². The summed E-state index contributed by atoms with van der Waals surface area (Å²) in [5.41, 5.74) is 2.97. The van der Waals surface area contributed by atoms with Gasteiger partial charge in [-0.2, -0.15) is 0 Å². The lowest BCUT2D eigenvalue weighted by Gasteiger charge is -2.28. The molecule has 0 spiro atoms. The minimum absolute atomic E-state index is 0.245. The van der Waals surface area contributed by atoms with E-state index < -0.39 is 0 Å². The summed E-state index contributed by atoms with van der Waals surface area (Å²) in [6, 6.07) is 2.15. The molecule has 18 heavy (non-hydrogen) atoms. The van der Waals surface area contributed by atoms with Crippen LogP contribution in [0.2, 0.25) is 5.02 Å². The minimum atomic E-state index is 0.245. The fourth-order valence-electron chi connectivity index (χ4n) is 2.74. The molecule has 1 atom stereocenters. The summed E-state index contributed by atoms with van der Waals surface area (Å²) < 4.78 is 0. The van der Waals surface area contributed by atoms with Crippen molar-refractivity contribution in [1.29, 1.82) is 0 Å². The maximum atomic E-state index is 10.5. The first-order valence-electron chi connectivity index (χ1n) is 6.77. The smallest absolute Gasteiger partial charge is 0.124 e. The molecule has 1 fully saturated rings. The highest BCUT2D eigenvalue weighted by Crippen LogP contribution is 2.40. The summed E-state index contributed by atoms with van der Waals surface area (Å²) in [6.45, 7) is 7.18. The van der Waals surface area contributed by atoms with Gasteiger partial charge in [-0.25, -0.2) is 0 Å². The number of phenolic OH excluding ortho intramolecular Hbond substituents is 1. The molecule has 1 aliphatic rings. The summed E-state index contributed by atoms with van der Waals surface area (Å²) in [5.74, 6) is 0.719. The summed E-state index contributed by atoms with van der Waals surface area (Å²) in [5, 5.41) is 14.8. The monoisotopic (exact) mass is 267 g/mol. The van der Waals surface area contributed by atoms with Crippen LogP contribution in [0.5, 0.6) is 5.75 Å². The molecule has 1 aromatic carbocycles. The zero-order valence-corrected chi connectivity index (χ0v) is 12.1. The SMILES string of the molecule is Cc1c(Cl)cc(C(C)C)c(O)c1C1CCCCN1. The van der Waals surface area contributed by atoms with E-state index in [1.807, 2.05) is 13.0 Å². The van der Waals surface area contributed by atoms with Crippen LogP contribution in [-0.4, -0.2) is 11.7 Å². The van der Waals surface area contributed by atoms with Gasteiger partial charge in [0.25, 0.3) is 0 Å². The van der Waals surface area contributed by atoms with Crippen LogP contribution in [0.4, 0.5) is 0 Å². The van der Waals surface area contributed by atoms with Gasteiger partial charge in [-0.1, -0.05) is 31.9 Å². The number of rotatable bonds is 2. The highest BCUT2D eigenvalue weighted by molar-refractivity contribution is 6.31. The van der Waals surface area contributed by atoms with E-state index >= 15 is 0 Å². The maximum absolute atomic E-state index is 10.5. The zero-order valence-electron chi connectivity index (χ0n) is 11.4. The van der Waals surface area contributed by atoms with Gasteiger partial charge in [0.2, 0.25) is 0 Å². The molecule has 0 radical (unpaired) electrons. The molecule has 2 nitrogen and oxygen atoms in total. The molecule has 0 amide bonds. The molecule has 1 unspecified atom stereocenters. The molecule has 0 aliphatic carbocycles. The van der Waals surface area contributed by atoms with Crippen molar-refractivity contribution in [3.05, 3.63) is 27.8 Å². The topological polar surface area (TPSA) is 32.3 Å². The fourth-order valence-corrected chi connectivity index (χ4v) is 2.96. The molecule has 1 aromatic rings. The molecule has 1 heterocycles. The zero-order chi connectivity index (χ0) is 13.3. The lowest BCUT2D eigenvalue weighted by molar-refractivity contribution is 0.386. The summed E-state index contributed by atoms with van der Waals surface area (Å²) in [6.07, 6.45) is 3.50. The van der Waals surface area contributed by atoms with E-state index in [1.54, 1.807) is 0 Å². The average Bonchev–Trinajstić information content (AvgIpc) is 2.35. The van der Waals surface area contributed by atoms with Crippen LogP contribution in [0.15, 0.2) is 6.07 Å². The van der Waals surface area contributed by atoms with Gasteiger partial charge < -0.3 is 10.4 Å². The van der Waals surface area contributed by atoms with E-state index in [4.69, 9.17) is 11.6 Å². The number of piperidine rings is 1. The Bertz CT molecular complexity index is 437. The molecule has 3 heteroatoms. The van der Waals surface area contributed by atoms with E-state index in [0.29, 0.717) is 5.75 Å². The molecular weight excluding hydrogens is 246 g/mol. The second-order valence-electron chi connectivity index (χ2n) is 5.49. The van der Waals surface area contributed by atoms with Crippen LogP contribution in [0, 0.1) is 6.92 Å². The number of halogens is 1. The third-order valence-electron chi connectivity index (χ3n) is 3.85. The number of aromatic hydroxyl groups is 1. The third-order valence-corrected chi connectivity index (χ3v) is 4.25. The molecule has 0 bridgehead atoms. The number of benzene rings is 1. The fraction of sp³-hybridized carbons (Fsp3) is 0.600. The molecule has 1 saturated heterocycles. The Kier molecular flexibility index (Phi) is 4.18. The van der Waals surface area contributed by atoms with Crippen molar-refractivity contribution in [2.75, 3.05) is 6.54 Å². The first-order chi connectivity index (χ1) is 8.52. The Hall–Kier alpha value is -0.730. The number of nitrogens with one attached hydrogen (secondary N) is 1. The van der Waals surface area contributed by atoms with E-state index in [1.165, 1.54) is 12.8 Å². The van der Waals surface area contributed by atoms with Crippen molar-refractivity contribution in [2.24, 2.45) is 0 Å². The van der Waals surface area contributed by atoms with Crippen molar-refractivity contribution >= 4 is 11.6 Å². The van der Waals surface area contributed by atoms with E-state index in [2.05, 4.69) is 19.2 Å². The van der Waals surface area contributed by atoms with Crippen LogP contribution in [0.1, 0.15) is 61.8 Å². The van der Waals surface area contributed by atoms with Gasteiger partial charge in [0.05, 0.1) is 0 Å². The molecule has 1 aliphatic heterocycles. The van der Waals surface area contributed by atoms with Gasteiger partial charge in [-0.15, -0.1) is 0 Å². The Labute approximate surface area is 114 Å². The van der Waals surface area contributed by atoms with E-state index in [9.17, 15) is 5.11 Å². The van der Waals surface area contributed by atoms with Gasteiger partial charge in [-0.3, -0.25) is 0 Å². The van der Waals surface area contributed by atoms with Crippen LogP contribution in [-0.2, 0) is 0 Å². The van der Waals surface area contributed by atoms with Crippen molar-refractivity contribution < 1.29 is 5.11 Å². The summed E-state index contributed by atoms with van der Waals surface area (Å²) in [7, 11) is 0. The molecule has 0 aromatic heterocycles. The maximum Gasteiger partial charge on any atom is 0.124 e. The van der Waals surface area contributed by atoms with Gasteiger partial charge in [0, 0.05) is 16.6 Å². The van der Waals surface area contributed by atoms with Gasteiger partial charge in [-0.05, 0) is 49.4 Å². The quantitative estimate of drug-likeness (QED) is 0.838. The molecule has 2 rings (SSSR count). The minimum Gasteiger partial charge on any atom is -0.507 e. The summed E-state index contributed by atoms with van der Waals surface area (Å²) in [4.78, 5) is 0. The van der Waals surface area contributed by atoms with Crippen LogP contribution < -0.4 is 5.32 Å². The van der Waals surface area contributed by atoms with E-state index in [0.717, 1.165) is 34.7 Å². The average molecular weight is 268 g/mol. The Morgan fingerprint density at radius 2 is 2.11 bits per heavy atom. The number of hydrogen-bond acceptors (Lipinski definition) is 2. The first kappa shape index (κ1) is 13.7. The van der Waals surface area contributed by atoms with Crippen LogP contribution >= 0.6 is 11.6 Å². The highest BCUT2D eigenvalue weighted by atomic mass is 35.5. The highest BCUT2D eigenvalue weighted by Gasteiger charge is 2.24. The first-order valence-corrected chi connectivity index (χ1v) is 7.15. The largest absolute Gasteiger partial charge is 0.507 e. The Morgan fingerprint density at radius 3 is 2.67 bits per heavy atom. The Morgan fingerprint density at radius 1 is 1.39 bits per heavy atom. The second-order valence-corrected chi connectivity index (χ2v) is 5.90. The van der Waals surface area contributed by atoms with Crippen LogP contribution in [0.25, 0.3) is 0 Å². The standard InChI is InChI=1S/C15H22ClNO/c1-9(2)11-8-12(16)10(3)14(15(11)18)13-6-4-5-7-17-13/h8-9,13,17-18H,4-7H2,1-3H3. The van der Waals surface area contributed by atoms with Crippen molar-refractivity contribution in [3.8, 4) is 5.75 Å². The third kappa shape index (κ3) is 2.50. The summed E-state index contributed by atoms with van der Waals surface area (Å²) >= 11 is 6.32. The lowest BCUT2D eigenvalue weighted by atomic mass is 9.89. The Balaban J connectivity index is 2.49. The predicted molar refractivity (Wildman–Crippen MR) is 76.5 cm³/mol. The van der Waals surface area contributed by atoms with Gasteiger partial charge in [0.1, 0.15) is 5.75 Å². The lowest BCUT2D eigenvalue weighted by Crippen LogP contribution is -2.27. The second kappa shape index (κ2) is 5.50. The number of phenols is 1. The van der Waals surface area contributed by atoms with Crippen LogP contribution in [0.3, 0.4) is 0 Å². The van der Waals surface area contributed by atoms with Crippen molar-refractivity contribution in [2.45, 2.75) is 52.0 Å². The molecule has 2 N–H and O–H groups in total. The van der Waals surface area contributed by atoms with E-state index in [-0.39, 0.29) is 12.0 Å². The molecular formula is C15H22ClNO. The van der Waals surface area contributed by atoms with Gasteiger partial charge in [0.15, 0.2) is 0 Å².